The van der Waals surface area contributed by atoms with Crippen molar-refractivity contribution in [3.05, 3.63) is 24.5 Å². The number of nitrogens with two attached hydrogens (primary N) is 1. The number of nitrogens with one attached hydrogen (secondary N) is 1. The van der Waals surface area contributed by atoms with Crippen molar-refractivity contribution in [2.45, 2.75) is 19.4 Å². The van der Waals surface area contributed by atoms with Gasteiger partial charge in [-0.2, -0.15) is 5.10 Å². The Hall–Kier alpha value is -2.11. The first kappa shape index (κ1) is 10.4. The number of amides is 1. The van der Waals surface area contributed by atoms with E-state index >= 15 is 0 Å². The number of carbonyl (C=O) groups is 1. The van der Waals surface area contributed by atoms with Crippen molar-refractivity contribution in [1.29, 1.82) is 0 Å². The smallest absolute Gasteiger partial charge is 0.219 e. The molecule has 16 heavy (non-hydrogen) atoms. The number of aromatic nitrogens is 3. The minimum atomic E-state index is -0.328. The molecular weight excluding hydrogens is 206 g/mol. The lowest BCUT2D eigenvalue weighted by Crippen LogP contribution is -2.24. The fourth-order valence-electron chi connectivity index (χ4n) is 1.50. The molecule has 2 heterocycles. The Bertz CT molecular complexity index is 507. The third kappa shape index (κ3) is 2.28. The van der Waals surface area contributed by atoms with Crippen LogP contribution in [0.4, 0.5) is 5.82 Å². The molecule has 1 amide bonds. The molecule has 0 saturated carbocycles. The molecule has 2 rings (SSSR count). The number of hydrogen-bond acceptors (Lipinski definition) is 4. The van der Waals surface area contributed by atoms with Gasteiger partial charge in [0.05, 0.1) is 6.20 Å². The summed E-state index contributed by atoms with van der Waals surface area (Å²) in [5, 5.41) is 7.14. The second kappa shape index (κ2) is 4.18. The lowest BCUT2D eigenvalue weighted by molar-refractivity contribution is -0.118. The Balaban J connectivity index is 2.11. The quantitative estimate of drug-likeness (QED) is 0.779. The molecule has 0 aliphatic rings. The van der Waals surface area contributed by atoms with E-state index in [9.17, 15) is 4.79 Å². The second-order valence-corrected chi connectivity index (χ2v) is 3.66. The predicted molar refractivity (Wildman–Crippen MR) is 59.9 cm³/mol. The van der Waals surface area contributed by atoms with Crippen molar-refractivity contribution in [1.82, 2.24) is 14.6 Å². The largest absolute Gasteiger partial charge is 0.370 e. The lowest BCUT2D eigenvalue weighted by Gasteiger charge is -2.12. The molecule has 0 aromatic carbocycles. The van der Waals surface area contributed by atoms with Crippen LogP contribution < -0.4 is 11.1 Å². The van der Waals surface area contributed by atoms with E-state index < -0.39 is 0 Å². The summed E-state index contributed by atoms with van der Waals surface area (Å²) in [6.45, 7) is 1.88. The Morgan fingerprint density at radius 1 is 1.62 bits per heavy atom. The van der Waals surface area contributed by atoms with Crippen LogP contribution in [0.15, 0.2) is 24.5 Å². The van der Waals surface area contributed by atoms with Gasteiger partial charge in [0.25, 0.3) is 0 Å². The van der Waals surface area contributed by atoms with Crippen LogP contribution >= 0.6 is 0 Å². The average molecular weight is 219 g/mol. The van der Waals surface area contributed by atoms with Gasteiger partial charge in [0, 0.05) is 24.7 Å². The van der Waals surface area contributed by atoms with Gasteiger partial charge in [0.2, 0.25) is 5.91 Å². The SMILES string of the molecule is CC(CC(N)=O)Nc1ccn2nccc2n1. The monoisotopic (exact) mass is 219 g/mol. The van der Waals surface area contributed by atoms with Crippen molar-refractivity contribution >= 4 is 17.4 Å². The third-order valence-corrected chi connectivity index (χ3v) is 2.16. The molecule has 0 bridgehead atoms. The van der Waals surface area contributed by atoms with E-state index in [0.717, 1.165) is 5.65 Å². The van der Waals surface area contributed by atoms with Gasteiger partial charge in [-0.05, 0) is 13.0 Å². The van der Waals surface area contributed by atoms with Crippen LogP contribution in [0.1, 0.15) is 13.3 Å². The van der Waals surface area contributed by atoms with Gasteiger partial charge in [0.1, 0.15) is 5.82 Å². The highest BCUT2D eigenvalue weighted by Crippen LogP contribution is 2.08. The summed E-state index contributed by atoms with van der Waals surface area (Å²) in [4.78, 5) is 15.0. The minimum absolute atomic E-state index is 0.0321. The summed E-state index contributed by atoms with van der Waals surface area (Å²) < 4.78 is 1.67. The Kier molecular flexibility index (Phi) is 2.72. The summed E-state index contributed by atoms with van der Waals surface area (Å²) in [5.41, 5.74) is 5.87. The normalized spacial score (nSPS) is 12.6. The van der Waals surface area contributed by atoms with Crippen LogP contribution in [0.25, 0.3) is 5.65 Å². The Morgan fingerprint density at radius 2 is 2.44 bits per heavy atom. The molecule has 0 fully saturated rings. The van der Waals surface area contributed by atoms with Crippen molar-refractivity contribution in [2.75, 3.05) is 5.32 Å². The van der Waals surface area contributed by atoms with Crippen LogP contribution in [-0.4, -0.2) is 26.5 Å². The molecule has 0 spiro atoms. The average Bonchev–Trinajstić information content (AvgIpc) is 2.63. The number of nitrogens with zero attached hydrogens (tertiary/aromatic N) is 3. The fraction of sp³-hybridized carbons (Fsp3) is 0.300. The lowest BCUT2D eigenvalue weighted by atomic mass is 10.2. The van der Waals surface area contributed by atoms with Crippen LogP contribution in [0.5, 0.6) is 0 Å². The molecule has 2 aromatic rings. The van der Waals surface area contributed by atoms with Crippen LogP contribution in [0.2, 0.25) is 0 Å². The Morgan fingerprint density at radius 3 is 3.19 bits per heavy atom. The highest BCUT2D eigenvalue weighted by molar-refractivity contribution is 5.74. The van der Waals surface area contributed by atoms with Gasteiger partial charge in [-0.15, -0.1) is 0 Å². The van der Waals surface area contributed by atoms with E-state index in [4.69, 9.17) is 5.73 Å². The van der Waals surface area contributed by atoms with E-state index in [2.05, 4.69) is 15.4 Å². The molecule has 1 unspecified atom stereocenters. The first-order chi connectivity index (χ1) is 7.65. The standard InChI is InChI=1S/C10H13N5O/c1-7(6-8(11)16)13-9-3-5-15-10(14-9)2-4-12-15/h2-5,7H,6H2,1H3,(H2,11,16)(H,13,14). The van der Waals surface area contributed by atoms with E-state index in [1.807, 2.05) is 19.2 Å². The molecule has 84 valence electrons. The van der Waals surface area contributed by atoms with Crippen molar-refractivity contribution in [2.24, 2.45) is 5.73 Å². The maximum atomic E-state index is 10.7. The minimum Gasteiger partial charge on any atom is -0.370 e. The molecule has 2 aromatic heterocycles. The predicted octanol–water partition coefficient (Wildman–Crippen LogP) is 0.405. The number of carbonyl (C=O) groups excluding carboxylic acids is 1. The zero-order chi connectivity index (χ0) is 11.5. The molecule has 6 heteroatoms. The molecular formula is C10H13N5O. The molecule has 1 atom stereocenters. The van der Waals surface area contributed by atoms with Gasteiger partial charge < -0.3 is 11.1 Å². The molecule has 3 N–H and O–H groups in total. The second-order valence-electron chi connectivity index (χ2n) is 3.66. The molecule has 0 aliphatic heterocycles. The van der Waals surface area contributed by atoms with E-state index in [1.165, 1.54) is 0 Å². The van der Waals surface area contributed by atoms with Crippen LogP contribution in [0, 0.1) is 0 Å². The van der Waals surface area contributed by atoms with Crippen molar-refractivity contribution in [3.8, 4) is 0 Å². The summed E-state index contributed by atoms with van der Waals surface area (Å²) in [5.74, 6) is 0.382. The summed E-state index contributed by atoms with van der Waals surface area (Å²) in [6, 6.07) is 3.58. The number of rotatable bonds is 4. The van der Waals surface area contributed by atoms with Gasteiger partial charge in [-0.3, -0.25) is 4.79 Å². The molecule has 0 saturated heterocycles. The Labute approximate surface area is 92.5 Å². The summed E-state index contributed by atoms with van der Waals surface area (Å²) >= 11 is 0. The topological polar surface area (TPSA) is 85.3 Å². The van der Waals surface area contributed by atoms with Crippen molar-refractivity contribution in [3.63, 3.8) is 0 Å². The van der Waals surface area contributed by atoms with Gasteiger partial charge >= 0.3 is 0 Å². The first-order valence-electron chi connectivity index (χ1n) is 5.00. The number of primary amides is 1. The number of hydrogen-bond donors (Lipinski definition) is 2. The molecule has 0 aliphatic carbocycles. The fourth-order valence-corrected chi connectivity index (χ4v) is 1.50. The van der Waals surface area contributed by atoms with Gasteiger partial charge in [-0.25, -0.2) is 9.50 Å². The third-order valence-electron chi connectivity index (χ3n) is 2.16. The zero-order valence-corrected chi connectivity index (χ0v) is 8.92. The highest BCUT2D eigenvalue weighted by atomic mass is 16.1. The van der Waals surface area contributed by atoms with Crippen LogP contribution in [0.3, 0.4) is 0 Å². The number of anilines is 1. The maximum absolute atomic E-state index is 10.7. The van der Waals surface area contributed by atoms with Gasteiger partial charge in [0.15, 0.2) is 5.65 Å². The van der Waals surface area contributed by atoms with E-state index in [1.54, 1.807) is 16.8 Å². The summed E-state index contributed by atoms with van der Waals surface area (Å²) in [6.07, 6.45) is 3.77. The molecule has 0 radical (unpaired) electrons. The zero-order valence-electron chi connectivity index (χ0n) is 8.92. The van der Waals surface area contributed by atoms with E-state index in [0.29, 0.717) is 5.82 Å². The molecule has 6 nitrogen and oxygen atoms in total. The van der Waals surface area contributed by atoms with Crippen molar-refractivity contribution < 1.29 is 4.79 Å². The summed E-state index contributed by atoms with van der Waals surface area (Å²) in [7, 11) is 0. The van der Waals surface area contributed by atoms with Crippen LogP contribution in [-0.2, 0) is 4.79 Å². The van der Waals surface area contributed by atoms with Gasteiger partial charge in [-0.1, -0.05) is 0 Å². The number of fused-ring (bicyclic) bond motifs is 1. The van der Waals surface area contributed by atoms with E-state index in [-0.39, 0.29) is 18.4 Å². The first-order valence-corrected chi connectivity index (χ1v) is 5.00. The highest BCUT2D eigenvalue weighted by Gasteiger charge is 2.06. The maximum Gasteiger partial charge on any atom is 0.219 e.